The highest BCUT2D eigenvalue weighted by Gasteiger charge is 2.43. The minimum Gasteiger partial charge on any atom is -0.481 e. The van der Waals surface area contributed by atoms with Crippen LogP contribution in [0.15, 0.2) is 49.1 Å². The zero-order valence-electron chi connectivity index (χ0n) is 48.7. The van der Waals surface area contributed by atoms with E-state index in [0.29, 0.717) is 42.3 Å². The second-order valence-corrected chi connectivity index (χ2v) is 22.8. The van der Waals surface area contributed by atoms with E-state index in [1.54, 1.807) is 44.2 Å². The number of nitrogens with two attached hydrogens (primary N) is 1. The normalized spacial score (nSPS) is 23.7. The molecule has 5 heterocycles. The van der Waals surface area contributed by atoms with Gasteiger partial charge in [0, 0.05) is 67.9 Å². The quantitative estimate of drug-likeness (QED) is 0.0293. The van der Waals surface area contributed by atoms with Crippen LogP contribution in [0.2, 0.25) is 0 Å². The minimum atomic E-state index is -1.81. The number of carboxylic acid groups (broad SMARTS) is 1. The van der Waals surface area contributed by atoms with E-state index in [4.69, 9.17) is 19.9 Å². The lowest BCUT2D eigenvalue weighted by molar-refractivity contribution is -0.141. The number of carbonyl (C=O) groups excluding carboxylic acids is 10. The van der Waals surface area contributed by atoms with Crippen molar-refractivity contribution in [3.8, 4) is 0 Å². The lowest BCUT2D eigenvalue weighted by atomic mass is 10.0. The molecule has 3 aliphatic heterocycles. The molecule has 0 saturated carbocycles. The van der Waals surface area contributed by atoms with Crippen molar-refractivity contribution in [3.05, 3.63) is 66.0 Å². The first-order chi connectivity index (χ1) is 41.8. The first-order valence-electron chi connectivity index (χ1n) is 29.0. The second kappa shape index (κ2) is 35.4. The van der Waals surface area contributed by atoms with Crippen molar-refractivity contribution >= 4 is 76.9 Å². The number of rotatable bonds is 25. The molecule has 2 fully saturated rings. The Morgan fingerprint density at radius 3 is 2.23 bits per heavy atom. The zero-order valence-corrected chi connectivity index (χ0v) is 49.5. The molecule has 0 aliphatic carbocycles. The summed E-state index contributed by atoms with van der Waals surface area (Å²) >= 11 is 1.84. The number of thioether (sulfide) groups is 1. The maximum absolute atomic E-state index is 14.4. The summed E-state index contributed by atoms with van der Waals surface area (Å²) in [6.45, 7) is 3.23. The Balaban J connectivity index is 1.07. The second-order valence-electron chi connectivity index (χ2n) is 21.5. The van der Waals surface area contributed by atoms with Gasteiger partial charge in [-0.15, -0.1) is 5.10 Å². The van der Waals surface area contributed by atoms with Crippen LogP contribution in [0, 0.1) is 5.92 Å². The maximum Gasteiger partial charge on any atom is 0.315 e. The largest absolute Gasteiger partial charge is 0.481 e. The molecule has 2 aromatic heterocycles. The number of ether oxygens (including phenoxy) is 3. The Bertz CT molecular complexity index is 2790. The SMILES string of the molecule is CC(C)C1NC(=O)C(CC(=O)O)NC(=O)C(Cc2ccccc2)NC(=O)C(NC(=O)COCCOCCOCCNC(=O)CCCC[C@H]2SCC3NC(=O)NC32)Cc2cn(nn2)CCCCC(C(N)=O)NC(=O)C(Cc2cnc[nH]2)NC(=O)CNC1=O. The molecule has 476 valence electrons. The summed E-state index contributed by atoms with van der Waals surface area (Å²) in [5.41, 5.74) is 6.94. The number of urea groups is 1. The number of nitrogens with zero attached hydrogens (tertiary/aromatic N) is 4. The number of aliphatic carboxylic acids is 1. The summed E-state index contributed by atoms with van der Waals surface area (Å²) in [5, 5.41) is 45.1. The van der Waals surface area contributed by atoms with Gasteiger partial charge in [0.1, 0.15) is 42.9 Å². The van der Waals surface area contributed by atoms with Crippen LogP contribution in [-0.4, -0.2) is 207 Å². The van der Waals surface area contributed by atoms with Crippen molar-refractivity contribution in [2.75, 3.05) is 58.5 Å². The van der Waals surface area contributed by atoms with Gasteiger partial charge in [0.05, 0.1) is 70.1 Å². The molecule has 1 aromatic carbocycles. The number of carboxylic acids is 1. The molecule has 2 bridgehead atoms. The van der Waals surface area contributed by atoms with Gasteiger partial charge in [-0.1, -0.05) is 55.8 Å². The van der Waals surface area contributed by atoms with Crippen LogP contribution in [0.5, 0.6) is 0 Å². The molecule has 0 spiro atoms. The third-order valence-electron chi connectivity index (χ3n) is 14.3. The molecule has 14 N–H and O–H groups in total. The summed E-state index contributed by atoms with van der Waals surface area (Å²) in [6.07, 6.45) is 6.56. The van der Waals surface area contributed by atoms with Gasteiger partial charge in [0.2, 0.25) is 53.2 Å². The van der Waals surface area contributed by atoms with Crippen LogP contribution in [-0.2, 0) is 88.0 Å². The van der Waals surface area contributed by atoms with Crippen molar-refractivity contribution in [2.45, 2.75) is 145 Å². The van der Waals surface area contributed by atoms with Crippen LogP contribution >= 0.6 is 11.8 Å². The Hall–Kier alpha value is -8.23. The van der Waals surface area contributed by atoms with E-state index in [-0.39, 0.29) is 95.0 Å². The number of unbranched alkanes of at least 4 members (excludes halogenated alkanes) is 1. The molecule has 3 aliphatic rings. The van der Waals surface area contributed by atoms with Gasteiger partial charge in [-0.2, -0.15) is 11.8 Å². The number of nitrogens with one attached hydrogen (secondary N) is 11. The van der Waals surface area contributed by atoms with Crippen LogP contribution < -0.4 is 58.9 Å². The van der Waals surface area contributed by atoms with Gasteiger partial charge in [0.25, 0.3) is 0 Å². The molecule has 11 amide bonds. The molecule has 32 heteroatoms. The van der Waals surface area contributed by atoms with Gasteiger partial charge in [-0.25, -0.2) is 9.78 Å². The van der Waals surface area contributed by atoms with Crippen molar-refractivity contribution in [3.63, 3.8) is 0 Å². The van der Waals surface area contributed by atoms with E-state index in [9.17, 15) is 57.8 Å². The Morgan fingerprint density at radius 2 is 1.51 bits per heavy atom. The molecule has 3 aromatic rings. The van der Waals surface area contributed by atoms with Gasteiger partial charge >= 0.3 is 12.0 Å². The predicted octanol–water partition coefficient (Wildman–Crippen LogP) is -3.25. The summed E-state index contributed by atoms with van der Waals surface area (Å²) in [4.78, 5) is 152. The topological polar surface area (TPSA) is 441 Å². The first-order valence-corrected chi connectivity index (χ1v) is 30.0. The van der Waals surface area contributed by atoms with E-state index < -0.39 is 115 Å². The van der Waals surface area contributed by atoms with E-state index >= 15 is 0 Å². The maximum atomic E-state index is 14.4. The van der Waals surface area contributed by atoms with Crippen molar-refractivity contribution < 1.29 is 72.1 Å². The molecule has 2 saturated heterocycles. The number of H-pyrrole nitrogens is 1. The van der Waals surface area contributed by atoms with Gasteiger partial charge in [0.15, 0.2) is 0 Å². The number of imidazole rings is 1. The molecule has 31 nitrogen and oxygen atoms in total. The molecule has 9 atom stereocenters. The van der Waals surface area contributed by atoms with E-state index in [1.165, 1.54) is 23.4 Å². The number of primary amides is 1. The minimum absolute atomic E-state index is 0.0240. The lowest BCUT2D eigenvalue weighted by Gasteiger charge is -2.27. The van der Waals surface area contributed by atoms with Crippen LogP contribution in [0.25, 0.3) is 0 Å². The summed E-state index contributed by atoms with van der Waals surface area (Å²) in [5.74, 6) is -8.37. The number of benzene rings is 1. The number of fused-ring (bicyclic) bond motifs is 3. The zero-order chi connectivity index (χ0) is 62.7. The number of hydrogen-bond acceptors (Lipinski definition) is 18. The highest BCUT2D eigenvalue weighted by atomic mass is 32.2. The third-order valence-corrected chi connectivity index (χ3v) is 15.8. The Morgan fingerprint density at radius 1 is 0.793 bits per heavy atom. The van der Waals surface area contributed by atoms with E-state index in [2.05, 4.69) is 73.4 Å². The fourth-order valence-electron chi connectivity index (χ4n) is 9.73. The average molecular weight is 1240 g/mol. The van der Waals surface area contributed by atoms with Crippen molar-refractivity contribution in [1.82, 2.24) is 78.1 Å². The van der Waals surface area contributed by atoms with Crippen molar-refractivity contribution in [1.29, 1.82) is 0 Å². The van der Waals surface area contributed by atoms with E-state index in [0.717, 1.165) is 25.0 Å². The van der Waals surface area contributed by atoms with Crippen LogP contribution in [0.1, 0.15) is 82.2 Å². The monoisotopic (exact) mass is 1240 g/mol. The number of aromatic nitrogens is 5. The summed E-state index contributed by atoms with van der Waals surface area (Å²) in [7, 11) is 0. The average Bonchev–Trinajstić information content (AvgIpc) is 2.44. The first kappa shape index (κ1) is 67.9. The number of aromatic amines is 1. The highest BCUT2D eigenvalue weighted by molar-refractivity contribution is 8.00. The molecule has 8 unspecified atom stereocenters. The van der Waals surface area contributed by atoms with Gasteiger partial charge < -0.3 is 83.2 Å². The summed E-state index contributed by atoms with van der Waals surface area (Å²) in [6, 6.07) is 0.0641. The summed E-state index contributed by atoms with van der Waals surface area (Å²) < 4.78 is 18.1. The number of aryl methyl sites for hydroxylation is 1. The molecular weight excluding hydrogens is 1160 g/mol. The Labute approximate surface area is 506 Å². The molecule has 0 radical (unpaired) electrons. The van der Waals surface area contributed by atoms with Crippen LogP contribution in [0.4, 0.5) is 4.79 Å². The molecule has 6 rings (SSSR count). The van der Waals surface area contributed by atoms with Crippen LogP contribution in [0.3, 0.4) is 0 Å². The van der Waals surface area contributed by atoms with Gasteiger partial charge in [-0.05, 0) is 43.6 Å². The Kier molecular flexibility index (Phi) is 27.6. The fourth-order valence-corrected chi connectivity index (χ4v) is 11.3. The number of amides is 11. The van der Waals surface area contributed by atoms with Gasteiger partial charge in [-0.3, -0.25) is 52.6 Å². The molecule has 87 heavy (non-hydrogen) atoms. The standard InChI is InChI=1S/C55H80N16O15S/c1-32(2)47-54(82)59-27-44(73)61-38(23-34-26-57-31-60-34)51(79)63-36(49(56)77)12-8-9-16-71-28-35(69-70-71)24-39(52(80)64-37(22-33-10-4-3-5-11-33)50(78)65-40(25-46(75)76)53(81)67-47)62-45(74)29-86-21-20-85-19-18-84-17-15-58-43(72)14-7-6-13-42-48-41(30-87-42)66-55(83)68-48/h3-5,10-11,26,28,31-32,36-42,47-48H,6-9,12-25,27,29-30H2,1-2H3,(H2,56,77)(H,57,60)(H,58,72)(H,59,82)(H,61,73)(H,62,74)(H,63,79)(H,64,80)(H,65,78)(H,67,81)(H,75,76)(H2,66,68,83)/t36?,37?,38?,39?,40?,41?,42-,47?,48?/m1/s1. The smallest absolute Gasteiger partial charge is 0.315 e. The lowest BCUT2D eigenvalue weighted by Crippen LogP contribution is -2.60. The highest BCUT2D eigenvalue weighted by Crippen LogP contribution is 2.33. The number of hydrogen-bond donors (Lipinski definition) is 13. The fraction of sp³-hybridized carbons (Fsp3) is 0.600. The molecular formula is C55H80N16O15S. The number of carbonyl (C=O) groups is 11. The predicted molar refractivity (Wildman–Crippen MR) is 310 cm³/mol. The van der Waals surface area contributed by atoms with Crippen molar-refractivity contribution in [2.24, 2.45) is 11.7 Å². The third kappa shape index (κ3) is 23.5. The van der Waals surface area contributed by atoms with E-state index in [1.807, 2.05) is 11.8 Å².